The molecule has 18 heavy (non-hydrogen) atoms. The van der Waals surface area contributed by atoms with E-state index in [1.54, 1.807) is 0 Å². The summed E-state index contributed by atoms with van der Waals surface area (Å²) < 4.78 is 14.4. The lowest BCUT2D eigenvalue weighted by molar-refractivity contribution is -0.143. The van der Waals surface area contributed by atoms with Crippen molar-refractivity contribution in [2.75, 3.05) is 13.2 Å². The molecule has 2 aromatic rings. The second kappa shape index (κ2) is 6.36. The third kappa shape index (κ3) is 3.13. The molecule has 0 saturated heterocycles. The maximum absolute atomic E-state index is 5.58. The van der Waals surface area contributed by atoms with Crippen molar-refractivity contribution in [2.45, 2.75) is 26.7 Å². The lowest BCUT2D eigenvalue weighted by Crippen LogP contribution is -2.23. The van der Waals surface area contributed by atoms with E-state index in [2.05, 4.69) is 51.0 Å². The average molecular weight is 312 g/mol. The highest BCUT2D eigenvalue weighted by Gasteiger charge is 2.10. The molecule has 0 unspecified atom stereocenters. The van der Waals surface area contributed by atoms with Gasteiger partial charge in [-0.15, -0.1) is 0 Å². The fourth-order valence-corrected chi connectivity index (χ4v) is 2.39. The normalized spacial score (nSPS) is 11.6. The molecule has 0 amide bonds. The van der Waals surface area contributed by atoms with E-state index < -0.39 is 0 Å². The predicted octanol–water partition coefficient (Wildman–Crippen LogP) is 3.80. The zero-order valence-corrected chi connectivity index (χ0v) is 12.3. The Morgan fingerprint density at radius 1 is 1.17 bits per heavy atom. The summed E-state index contributed by atoms with van der Waals surface area (Å²) in [7, 11) is 0. The number of nitrogens with zero attached hydrogens (tertiary/aromatic N) is 1. The van der Waals surface area contributed by atoms with Crippen molar-refractivity contribution >= 4 is 26.8 Å². The van der Waals surface area contributed by atoms with E-state index in [1.807, 2.05) is 13.8 Å². The lowest BCUT2D eigenvalue weighted by atomic mass is 10.2. The first-order valence-corrected chi connectivity index (χ1v) is 7.01. The smallest absolute Gasteiger partial charge is 0.175 e. The van der Waals surface area contributed by atoms with Crippen LogP contribution < -0.4 is 0 Å². The van der Waals surface area contributed by atoms with E-state index in [-0.39, 0.29) is 6.29 Å². The molecular weight excluding hydrogens is 294 g/mol. The second-order valence-corrected chi connectivity index (χ2v) is 4.93. The fraction of sp³-hybridized carbons (Fsp3) is 0.429. The Morgan fingerprint density at radius 2 is 1.89 bits per heavy atom. The van der Waals surface area contributed by atoms with Gasteiger partial charge in [0.15, 0.2) is 6.29 Å². The molecule has 0 bridgehead atoms. The van der Waals surface area contributed by atoms with Gasteiger partial charge in [0.25, 0.3) is 0 Å². The number of halogens is 1. The molecule has 1 heterocycles. The third-order valence-corrected chi connectivity index (χ3v) is 3.28. The lowest BCUT2D eigenvalue weighted by Gasteiger charge is -2.18. The summed E-state index contributed by atoms with van der Waals surface area (Å²) in [6.45, 7) is 6.01. The van der Waals surface area contributed by atoms with Crippen molar-refractivity contribution in [1.82, 2.24) is 4.57 Å². The Labute approximate surface area is 116 Å². The molecule has 98 valence electrons. The number of rotatable bonds is 6. The van der Waals surface area contributed by atoms with Gasteiger partial charge >= 0.3 is 0 Å². The van der Waals surface area contributed by atoms with E-state index in [0.717, 1.165) is 4.47 Å². The summed E-state index contributed by atoms with van der Waals surface area (Å²) >= 11 is 3.48. The average Bonchev–Trinajstić information content (AvgIpc) is 2.72. The van der Waals surface area contributed by atoms with Gasteiger partial charge in [-0.1, -0.05) is 15.9 Å². The van der Waals surface area contributed by atoms with E-state index in [9.17, 15) is 0 Å². The summed E-state index contributed by atoms with van der Waals surface area (Å²) in [6, 6.07) is 8.38. The monoisotopic (exact) mass is 311 g/mol. The first kappa shape index (κ1) is 13.6. The van der Waals surface area contributed by atoms with Crippen LogP contribution in [-0.4, -0.2) is 24.1 Å². The quantitative estimate of drug-likeness (QED) is 0.757. The van der Waals surface area contributed by atoms with Crippen LogP contribution in [0.4, 0.5) is 0 Å². The minimum atomic E-state index is -0.181. The van der Waals surface area contributed by atoms with Gasteiger partial charge in [0, 0.05) is 34.8 Å². The van der Waals surface area contributed by atoms with Gasteiger partial charge in [0.1, 0.15) is 0 Å². The van der Waals surface area contributed by atoms with Crippen molar-refractivity contribution in [1.29, 1.82) is 0 Å². The van der Waals surface area contributed by atoms with Crippen molar-refractivity contribution in [3.63, 3.8) is 0 Å². The Balaban J connectivity index is 2.19. The van der Waals surface area contributed by atoms with Gasteiger partial charge in [-0.3, -0.25) is 0 Å². The molecule has 0 aliphatic rings. The molecule has 4 heteroatoms. The number of fused-ring (bicyclic) bond motifs is 1. The van der Waals surface area contributed by atoms with E-state index in [4.69, 9.17) is 9.47 Å². The summed E-state index contributed by atoms with van der Waals surface area (Å²) in [6.07, 6.45) is 1.89. The van der Waals surface area contributed by atoms with Gasteiger partial charge in [-0.25, -0.2) is 0 Å². The van der Waals surface area contributed by atoms with Crippen LogP contribution in [0, 0.1) is 0 Å². The molecule has 3 nitrogen and oxygen atoms in total. The summed E-state index contributed by atoms with van der Waals surface area (Å²) in [4.78, 5) is 0. The molecular formula is C14H18BrNO2. The fourth-order valence-electron chi connectivity index (χ4n) is 2.02. The van der Waals surface area contributed by atoms with Crippen LogP contribution in [0.2, 0.25) is 0 Å². The van der Waals surface area contributed by atoms with Gasteiger partial charge in [0.05, 0.1) is 6.54 Å². The molecule has 0 N–H and O–H groups in total. The Morgan fingerprint density at radius 3 is 2.56 bits per heavy atom. The van der Waals surface area contributed by atoms with Crippen molar-refractivity contribution < 1.29 is 9.47 Å². The molecule has 1 aromatic heterocycles. The largest absolute Gasteiger partial charge is 0.351 e. The number of hydrogen-bond acceptors (Lipinski definition) is 2. The Bertz CT molecular complexity index is 503. The first-order chi connectivity index (χ1) is 8.74. The third-order valence-electron chi connectivity index (χ3n) is 2.78. The predicted molar refractivity (Wildman–Crippen MR) is 76.7 cm³/mol. The molecule has 2 rings (SSSR count). The molecule has 0 aliphatic carbocycles. The number of ether oxygens (including phenoxy) is 2. The van der Waals surface area contributed by atoms with Gasteiger partial charge in [-0.05, 0) is 38.1 Å². The maximum Gasteiger partial charge on any atom is 0.175 e. The molecule has 0 saturated carbocycles. The van der Waals surface area contributed by atoms with Crippen molar-refractivity contribution in [3.8, 4) is 0 Å². The molecule has 0 aliphatic heterocycles. The SMILES string of the molecule is CCOC(Cn1ccc2cc(Br)ccc21)OCC. The molecule has 0 spiro atoms. The van der Waals surface area contributed by atoms with Crippen molar-refractivity contribution in [2.24, 2.45) is 0 Å². The van der Waals surface area contributed by atoms with E-state index >= 15 is 0 Å². The molecule has 0 atom stereocenters. The molecule has 1 aromatic carbocycles. The highest BCUT2D eigenvalue weighted by molar-refractivity contribution is 9.10. The van der Waals surface area contributed by atoms with Crippen LogP contribution in [0.3, 0.4) is 0 Å². The summed E-state index contributed by atoms with van der Waals surface area (Å²) in [5.74, 6) is 0. The van der Waals surface area contributed by atoms with Crippen LogP contribution in [0.5, 0.6) is 0 Å². The second-order valence-electron chi connectivity index (χ2n) is 4.01. The van der Waals surface area contributed by atoms with E-state index in [1.165, 1.54) is 10.9 Å². The summed E-state index contributed by atoms with van der Waals surface area (Å²) in [5, 5.41) is 1.22. The zero-order chi connectivity index (χ0) is 13.0. The van der Waals surface area contributed by atoms with Crippen LogP contribution in [0.25, 0.3) is 10.9 Å². The standard InChI is InChI=1S/C14H18BrNO2/c1-3-17-14(18-4-2)10-16-8-7-11-9-12(15)5-6-13(11)16/h5-9,14H,3-4,10H2,1-2H3. The van der Waals surface area contributed by atoms with Gasteiger partial charge in [0.2, 0.25) is 0 Å². The van der Waals surface area contributed by atoms with Gasteiger partial charge in [-0.2, -0.15) is 0 Å². The first-order valence-electron chi connectivity index (χ1n) is 6.22. The van der Waals surface area contributed by atoms with Crippen LogP contribution >= 0.6 is 15.9 Å². The Kier molecular flexibility index (Phi) is 4.80. The minimum absolute atomic E-state index is 0.181. The van der Waals surface area contributed by atoms with Crippen LogP contribution in [-0.2, 0) is 16.0 Å². The Hall–Kier alpha value is -0.840. The highest BCUT2D eigenvalue weighted by Crippen LogP contribution is 2.21. The number of benzene rings is 1. The number of hydrogen-bond donors (Lipinski definition) is 0. The van der Waals surface area contributed by atoms with Gasteiger partial charge < -0.3 is 14.0 Å². The zero-order valence-electron chi connectivity index (χ0n) is 10.7. The molecule has 0 fully saturated rings. The number of aromatic nitrogens is 1. The summed E-state index contributed by atoms with van der Waals surface area (Å²) in [5.41, 5.74) is 1.20. The maximum atomic E-state index is 5.58. The van der Waals surface area contributed by atoms with Crippen molar-refractivity contribution in [3.05, 3.63) is 34.9 Å². The molecule has 0 radical (unpaired) electrons. The highest BCUT2D eigenvalue weighted by atomic mass is 79.9. The van der Waals surface area contributed by atoms with Crippen LogP contribution in [0.15, 0.2) is 34.9 Å². The van der Waals surface area contributed by atoms with E-state index in [0.29, 0.717) is 19.8 Å². The van der Waals surface area contributed by atoms with Crippen LogP contribution in [0.1, 0.15) is 13.8 Å². The topological polar surface area (TPSA) is 23.4 Å². The minimum Gasteiger partial charge on any atom is -0.351 e.